The van der Waals surface area contributed by atoms with Gasteiger partial charge in [0.2, 0.25) is 0 Å². The summed E-state index contributed by atoms with van der Waals surface area (Å²) in [5, 5.41) is 13.6. The van der Waals surface area contributed by atoms with E-state index in [-0.39, 0.29) is 18.7 Å². The molecule has 0 radical (unpaired) electrons. The van der Waals surface area contributed by atoms with Crippen LogP contribution in [0.5, 0.6) is 0 Å². The van der Waals surface area contributed by atoms with Gasteiger partial charge in [0.25, 0.3) is 0 Å². The van der Waals surface area contributed by atoms with Crippen molar-refractivity contribution in [1.29, 1.82) is 0 Å². The van der Waals surface area contributed by atoms with Gasteiger partial charge in [-0.25, -0.2) is 4.98 Å². The van der Waals surface area contributed by atoms with E-state index in [1.807, 2.05) is 36.7 Å². The van der Waals surface area contributed by atoms with E-state index >= 15 is 0 Å². The molecule has 0 spiro atoms. The molecule has 2 atom stereocenters. The molecule has 4 rings (SSSR count). The molecule has 3 aromatic heterocycles. The van der Waals surface area contributed by atoms with E-state index in [2.05, 4.69) is 57.7 Å². The van der Waals surface area contributed by atoms with Gasteiger partial charge in [-0.15, -0.1) is 0 Å². The molecule has 2 N–H and O–H groups in total. The van der Waals surface area contributed by atoms with Crippen LogP contribution in [0.4, 0.5) is 0 Å². The molecule has 0 bridgehead atoms. The molecule has 1 fully saturated rings. The van der Waals surface area contributed by atoms with Crippen LogP contribution in [0.1, 0.15) is 46.7 Å². The number of nitrogens with one attached hydrogen (secondary N) is 1. The van der Waals surface area contributed by atoms with E-state index in [1.54, 1.807) is 0 Å². The molecule has 0 unspecified atom stereocenters. The first kappa shape index (κ1) is 20.5. The molecule has 7 heteroatoms. The Labute approximate surface area is 182 Å². The van der Waals surface area contributed by atoms with Crippen molar-refractivity contribution in [3.8, 4) is 5.82 Å². The van der Waals surface area contributed by atoms with Crippen LogP contribution in [0.3, 0.4) is 0 Å². The highest BCUT2D eigenvalue weighted by Gasteiger charge is 2.41. The largest absolute Gasteiger partial charge is 0.396 e. The van der Waals surface area contributed by atoms with Crippen molar-refractivity contribution in [3.63, 3.8) is 0 Å². The predicted octanol–water partition coefficient (Wildman–Crippen LogP) is 3.55. The van der Waals surface area contributed by atoms with Crippen LogP contribution in [0.2, 0.25) is 0 Å². The zero-order valence-corrected chi connectivity index (χ0v) is 18.4. The molecule has 30 heavy (non-hydrogen) atoms. The standard InChI is InChI=1S/C23H27N5OS/c1-15-8-6-11-25-22(15)28-16(2)14-18(17(28)3)21-20(19-9-4-5-10-24-19)26-23(30)27(21)12-7-13-29/h4-6,8-11,14,20-21,29H,7,12-13H2,1-3H3,(H,26,30)/t20-,21-/m1/s1. The summed E-state index contributed by atoms with van der Waals surface area (Å²) in [4.78, 5) is 11.4. The van der Waals surface area contributed by atoms with Crippen LogP contribution in [-0.2, 0) is 0 Å². The van der Waals surface area contributed by atoms with E-state index in [0.717, 1.165) is 28.5 Å². The Morgan fingerprint density at radius 2 is 1.90 bits per heavy atom. The van der Waals surface area contributed by atoms with Crippen LogP contribution in [-0.4, -0.2) is 42.8 Å². The molecular weight excluding hydrogens is 394 g/mol. The monoisotopic (exact) mass is 421 g/mol. The lowest BCUT2D eigenvalue weighted by Crippen LogP contribution is -2.31. The molecule has 0 aliphatic carbocycles. The van der Waals surface area contributed by atoms with Gasteiger partial charge in [0.15, 0.2) is 5.11 Å². The fourth-order valence-corrected chi connectivity index (χ4v) is 4.68. The minimum Gasteiger partial charge on any atom is -0.396 e. The third-order valence-corrected chi connectivity index (χ3v) is 6.09. The topological polar surface area (TPSA) is 66.2 Å². The lowest BCUT2D eigenvalue weighted by Gasteiger charge is -2.28. The molecule has 6 nitrogen and oxygen atoms in total. The van der Waals surface area contributed by atoms with Gasteiger partial charge in [-0.1, -0.05) is 12.1 Å². The summed E-state index contributed by atoms with van der Waals surface area (Å²) in [5.41, 5.74) is 5.54. The zero-order valence-electron chi connectivity index (χ0n) is 17.5. The van der Waals surface area contributed by atoms with E-state index in [0.29, 0.717) is 18.1 Å². The number of aliphatic hydroxyl groups excluding tert-OH is 1. The fraction of sp³-hybridized carbons (Fsp3) is 0.348. The highest BCUT2D eigenvalue weighted by molar-refractivity contribution is 7.80. The van der Waals surface area contributed by atoms with Crippen molar-refractivity contribution < 1.29 is 5.11 Å². The summed E-state index contributed by atoms with van der Waals surface area (Å²) in [6, 6.07) is 12.2. The SMILES string of the molecule is Cc1cccnc1-n1c(C)cc([C@@H]2[C@@H](c3ccccn3)NC(=S)N2CCCO)c1C. The second kappa shape index (κ2) is 8.53. The molecule has 0 amide bonds. The average Bonchev–Trinajstić information content (AvgIpc) is 3.23. The van der Waals surface area contributed by atoms with Crippen LogP contribution in [0, 0.1) is 20.8 Å². The van der Waals surface area contributed by atoms with Crippen molar-refractivity contribution in [2.75, 3.05) is 13.2 Å². The van der Waals surface area contributed by atoms with Gasteiger partial charge in [0.1, 0.15) is 5.82 Å². The lowest BCUT2D eigenvalue weighted by atomic mass is 9.96. The second-order valence-corrected chi connectivity index (χ2v) is 8.09. The lowest BCUT2D eigenvalue weighted by molar-refractivity contribution is 0.247. The molecule has 4 heterocycles. The van der Waals surface area contributed by atoms with Crippen molar-refractivity contribution in [2.45, 2.75) is 39.3 Å². The third-order valence-electron chi connectivity index (χ3n) is 5.74. The first-order valence-electron chi connectivity index (χ1n) is 10.2. The summed E-state index contributed by atoms with van der Waals surface area (Å²) < 4.78 is 2.21. The quantitative estimate of drug-likeness (QED) is 0.594. The van der Waals surface area contributed by atoms with Crippen LogP contribution < -0.4 is 5.32 Å². The Balaban J connectivity index is 1.83. The number of aliphatic hydroxyl groups is 1. The van der Waals surface area contributed by atoms with Crippen molar-refractivity contribution >= 4 is 17.3 Å². The molecule has 0 saturated carbocycles. The maximum Gasteiger partial charge on any atom is 0.170 e. The molecule has 1 aliphatic rings. The number of aryl methyl sites for hydroxylation is 2. The summed E-state index contributed by atoms with van der Waals surface area (Å²) in [5.74, 6) is 0.948. The van der Waals surface area contributed by atoms with Crippen molar-refractivity contribution in [1.82, 2.24) is 24.8 Å². The summed E-state index contributed by atoms with van der Waals surface area (Å²) in [6.45, 7) is 7.14. The predicted molar refractivity (Wildman–Crippen MR) is 122 cm³/mol. The van der Waals surface area contributed by atoms with E-state index in [1.165, 1.54) is 5.56 Å². The van der Waals surface area contributed by atoms with Gasteiger partial charge in [-0.05, 0) is 74.8 Å². The van der Waals surface area contributed by atoms with E-state index in [4.69, 9.17) is 12.2 Å². The Morgan fingerprint density at radius 3 is 2.60 bits per heavy atom. The van der Waals surface area contributed by atoms with E-state index < -0.39 is 0 Å². The molecule has 3 aromatic rings. The van der Waals surface area contributed by atoms with Gasteiger partial charge in [-0.3, -0.25) is 4.98 Å². The number of thiocarbonyl (C=S) groups is 1. The average molecular weight is 422 g/mol. The Kier molecular flexibility index (Phi) is 5.83. The molecule has 0 aromatic carbocycles. The second-order valence-electron chi connectivity index (χ2n) is 7.70. The van der Waals surface area contributed by atoms with Gasteiger partial charge in [0.05, 0.1) is 17.8 Å². The first-order valence-corrected chi connectivity index (χ1v) is 10.6. The minimum absolute atomic E-state index is 0.0112. The van der Waals surface area contributed by atoms with Gasteiger partial charge in [-0.2, -0.15) is 0 Å². The summed E-state index contributed by atoms with van der Waals surface area (Å²) in [6.07, 6.45) is 4.30. The number of hydrogen-bond acceptors (Lipinski definition) is 4. The highest BCUT2D eigenvalue weighted by atomic mass is 32.1. The number of pyridine rings is 2. The molecular formula is C23H27N5OS. The minimum atomic E-state index is -0.0591. The smallest absolute Gasteiger partial charge is 0.170 e. The molecule has 1 saturated heterocycles. The normalized spacial score (nSPS) is 18.7. The van der Waals surface area contributed by atoms with Gasteiger partial charge >= 0.3 is 0 Å². The maximum atomic E-state index is 9.42. The van der Waals surface area contributed by atoms with E-state index in [9.17, 15) is 5.11 Å². The zero-order chi connectivity index (χ0) is 21.3. The number of aromatic nitrogens is 3. The number of hydrogen-bond donors (Lipinski definition) is 2. The van der Waals surface area contributed by atoms with Crippen LogP contribution in [0.25, 0.3) is 5.82 Å². The van der Waals surface area contributed by atoms with Crippen molar-refractivity contribution in [2.24, 2.45) is 0 Å². The fourth-order valence-electron chi connectivity index (χ4n) is 4.35. The Morgan fingerprint density at radius 1 is 1.10 bits per heavy atom. The van der Waals surface area contributed by atoms with Crippen LogP contribution in [0.15, 0.2) is 48.8 Å². The molecule has 1 aliphatic heterocycles. The van der Waals surface area contributed by atoms with Crippen LogP contribution >= 0.6 is 12.2 Å². The summed E-state index contributed by atoms with van der Waals surface area (Å²) in [7, 11) is 0. The highest BCUT2D eigenvalue weighted by Crippen LogP contribution is 2.41. The Hall–Kier alpha value is -2.77. The van der Waals surface area contributed by atoms with Crippen molar-refractivity contribution in [3.05, 3.63) is 77.0 Å². The number of rotatable bonds is 6. The molecule has 156 valence electrons. The summed E-state index contributed by atoms with van der Waals surface area (Å²) >= 11 is 5.69. The van der Waals surface area contributed by atoms with Gasteiger partial charge in [0, 0.05) is 36.9 Å². The Bertz CT molecular complexity index is 1050. The maximum absolute atomic E-state index is 9.42. The first-order chi connectivity index (χ1) is 14.5. The number of nitrogens with zero attached hydrogens (tertiary/aromatic N) is 4. The van der Waals surface area contributed by atoms with Gasteiger partial charge < -0.3 is 19.9 Å². The third kappa shape index (κ3) is 3.59.